The van der Waals surface area contributed by atoms with E-state index in [2.05, 4.69) is 29.4 Å². The quantitative estimate of drug-likeness (QED) is 0.750. The average Bonchev–Trinajstić information content (AvgIpc) is 3.04. The second kappa shape index (κ2) is 10.8. The molecule has 1 aromatic rings. The topological polar surface area (TPSA) is 55.9 Å². The molecule has 168 valence electrons. The van der Waals surface area contributed by atoms with E-state index in [-0.39, 0.29) is 48.7 Å². The van der Waals surface area contributed by atoms with Crippen LogP contribution in [-0.2, 0) is 16.0 Å². The Labute approximate surface area is 192 Å². The van der Waals surface area contributed by atoms with Crippen LogP contribution in [0, 0.1) is 5.92 Å². The molecule has 1 N–H and O–H groups in total. The van der Waals surface area contributed by atoms with Gasteiger partial charge in [0.1, 0.15) is 0 Å². The minimum atomic E-state index is 0. The molecule has 1 atom stereocenters. The van der Waals surface area contributed by atoms with Crippen molar-refractivity contribution in [1.29, 1.82) is 0 Å². The number of likely N-dealkylation sites (N-methyl/N-ethyl adjacent to an activating group) is 1. The third-order valence-corrected chi connectivity index (χ3v) is 6.88. The number of carbonyl (C=O) groups excluding carboxylic acids is 2. The highest BCUT2D eigenvalue weighted by atomic mass is 35.5. The van der Waals surface area contributed by atoms with E-state index in [0.717, 1.165) is 52.0 Å². The molecule has 0 aromatic heterocycles. The van der Waals surface area contributed by atoms with Crippen LogP contribution in [0.5, 0.6) is 0 Å². The van der Waals surface area contributed by atoms with Crippen molar-refractivity contribution in [2.24, 2.45) is 5.92 Å². The predicted molar refractivity (Wildman–Crippen MR) is 123 cm³/mol. The first-order chi connectivity index (χ1) is 13.6. The Balaban J connectivity index is 0.00000160. The van der Waals surface area contributed by atoms with Crippen LogP contribution in [0.15, 0.2) is 30.3 Å². The Bertz CT molecular complexity index is 712. The molecule has 6 nitrogen and oxygen atoms in total. The molecule has 0 radical (unpaired) electrons. The van der Waals surface area contributed by atoms with Crippen LogP contribution in [0.4, 0.5) is 0 Å². The monoisotopic (exact) mass is 456 g/mol. The molecule has 4 rings (SSSR count). The summed E-state index contributed by atoms with van der Waals surface area (Å²) in [5.41, 5.74) is 1.37. The van der Waals surface area contributed by atoms with Crippen molar-refractivity contribution in [3.63, 3.8) is 0 Å². The molecule has 3 aliphatic rings. The van der Waals surface area contributed by atoms with Gasteiger partial charge in [-0.15, -0.1) is 24.8 Å². The summed E-state index contributed by atoms with van der Waals surface area (Å²) >= 11 is 0. The van der Waals surface area contributed by atoms with Gasteiger partial charge in [-0.1, -0.05) is 30.3 Å². The van der Waals surface area contributed by atoms with Crippen LogP contribution in [0.25, 0.3) is 0 Å². The first-order valence-corrected chi connectivity index (χ1v) is 10.6. The van der Waals surface area contributed by atoms with Crippen molar-refractivity contribution in [1.82, 2.24) is 20.0 Å². The Morgan fingerprint density at radius 3 is 2.53 bits per heavy atom. The zero-order chi connectivity index (χ0) is 19.6. The van der Waals surface area contributed by atoms with Crippen LogP contribution in [0.3, 0.4) is 0 Å². The van der Waals surface area contributed by atoms with Crippen molar-refractivity contribution in [2.45, 2.75) is 31.2 Å². The van der Waals surface area contributed by atoms with Gasteiger partial charge in [-0.25, -0.2) is 0 Å². The summed E-state index contributed by atoms with van der Waals surface area (Å²) in [7, 11) is 2.19. The van der Waals surface area contributed by atoms with E-state index in [1.165, 1.54) is 5.56 Å². The number of hydrogen-bond donors (Lipinski definition) is 1. The maximum absolute atomic E-state index is 13.0. The predicted octanol–water partition coefficient (Wildman–Crippen LogP) is 1.82. The van der Waals surface area contributed by atoms with Gasteiger partial charge in [0.25, 0.3) is 0 Å². The number of nitrogens with one attached hydrogen (secondary N) is 1. The Kier molecular flexibility index (Phi) is 8.98. The second-order valence-corrected chi connectivity index (χ2v) is 8.75. The van der Waals surface area contributed by atoms with Crippen molar-refractivity contribution in [3.8, 4) is 0 Å². The lowest BCUT2D eigenvalue weighted by Gasteiger charge is -2.51. The normalized spacial score (nSPS) is 23.8. The molecule has 0 bridgehead atoms. The van der Waals surface area contributed by atoms with Crippen molar-refractivity contribution < 1.29 is 9.59 Å². The van der Waals surface area contributed by atoms with Crippen molar-refractivity contribution >= 4 is 36.6 Å². The number of rotatable bonds is 4. The molecule has 3 aliphatic heterocycles. The van der Waals surface area contributed by atoms with E-state index in [1.807, 2.05) is 23.1 Å². The summed E-state index contributed by atoms with van der Waals surface area (Å²) < 4.78 is 0. The number of piperazine rings is 1. The lowest BCUT2D eigenvalue weighted by atomic mass is 9.84. The molecule has 2 amide bonds. The number of likely N-dealkylation sites (tertiary alicyclic amines) is 1. The highest BCUT2D eigenvalue weighted by molar-refractivity contribution is 5.86. The molecule has 1 spiro atoms. The minimum Gasteiger partial charge on any atom is -0.338 e. The van der Waals surface area contributed by atoms with Gasteiger partial charge in [0, 0.05) is 38.1 Å². The van der Waals surface area contributed by atoms with Crippen LogP contribution in [0.1, 0.15) is 24.8 Å². The van der Waals surface area contributed by atoms with Gasteiger partial charge >= 0.3 is 0 Å². The van der Waals surface area contributed by atoms with E-state index in [1.54, 1.807) is 4.90 Å². The number of halogens is 2. The van der Waals surface area contributed by atoms with E-state index in [4.69, 9.17) is 0 Å². The van der Waals surface area contributed by atoms with Gasteiger partial charge < -0.3 is 15.1 Å². The molecule has 30 heavy (non-hydrogen) atoms. The Morgan fingerprint density at radius 2 is 1.83 bits per heavy atom. The zero-order valence-corrected chi connectivity index (χ0v) is 19.3. The molecule has 3 heterocycles. The maximum atomic E-state index is 13.0. The molecule has 1 unspecified atom stereocenters. The number of nitrogens with zero attached hydrogens (tertiary/aromatic N) is 3. The zero-order valence-electron chi connectivity index (χ0n) is 17.7. The van der Waals surface area contributed by atoms with Gasteiger partial charge in [-0.3, -0.25) is 14.5 Å². The molecule has 3 saturated heterocycles. The number of amides is 2. The first kappa shape index (κ1) is 24.9. The highest BCUT2D eigenvalue weighted by Crippen LogP contribution is 2.29. The van der Waals surface area contributed by atoms with Gasteiger partial charge in [-0.05, 0) is 50.9 Å². The Morgan fingerprint density at radius 1 is 1.13 bits per heavy atom. The molecule has 1 aromatic carbocycles. The highest BCUT2D eigenvalue weighted by Gasteiger charge is 2.42. The summed E-state index contributed by atoms with van der Waals surface area (Å²) in [5, 5.41) is 3.43. The molecular formula is C22H34Cl2N4O2. The summed E-state index contributed by atoms with van der Waals surface area (Å²) in [4.78, 5) is 31.7. The fourth-order valence-electron chi connectivity index (χ4n) is 5.06. The first-order valence-electron chi connectivity index (χ1n) is 10.6. The third-order valence-electron chi connectivity index (χ3n) is 6.88. The number of carbonyl (C=O) groups is 2. The molecular weight excluding hydrogens is 423 g/mol. The van der Waals surface area contributed by atoms with Crippen molar-refractivity contribution in [2.75, 3.05) is 52.9 Å². The lowest BCUT2D eigenvalue weighted by molar-refractivity contribution is -0.142. The number of piperidine rings is 1. The van der Waals surface area contributed by atoms with Crippen molar-refractivity contribution in [3.05, 3.63) is 35.9 Å². The van der Waals surface area contributed by atoms with Gasteiger partial charge in [0.2, 0.25) is 11.8 Å². The SMILES string of the molecule is CN1CCN(C(=O)CN2CC(Cc3ccccc3)CC2=O)CC12CCNCC2.Cl.Cl. The molecule has 8 heteroatoms. The van der Waals surface area contributed by atoms with Gasteiger partial charge in [-0.2, -0.15) is 0 Å². The lowest BCUT2D eigenvalue weighted by Crippen LogP contribution is -2.65. The average molecular weight is 457 g/mol. The summed E-state index contributed by atoms with van der Waals surface area (Å²) in [5.74, 6) is 0.547. The number of hydrogen-bond acceptors (Lipinski definition) is 4. The molecule has 0 saturated carbocycles. The van der Waals surface area contributed by atoms with Crippen LogP contribution >= 0.6 is 24.8 Å². The molecule has 3 fully saturated rings. The summed E-state index contributed by atoms with van der Waals surface area (Å²) in [6.07, 6.45) is 3.62. The number of benzene rings is 1. The maximum Gasteiger partial charge on any atom is 0.242 e. The van der Waals surface area contributed by atoms with E-state index in [0.29, 0.717) is 18.9 Å². The standard InChI is InChI=1S/C22H32N4O2.2ClH/c1-24-11-12-25(17-22(24)7-9-23-10-8-22)21(28)16-26-15-19(14-20(26)27)13-18-5-3-2-4-6-18;;/h2-6,19,23H,7-17H2,1H3;2*1H. The minimum absolute atomic E-state index is 0. The molecule has 0 aliphatic carbocycles. The Hall–Kier alpha value is -1.34. The van der Waals surface area contributed by atoms with Gasteiger partial charge in [0.15, 0.2) is 0 Å². The fourth-order valence-corrected chi connectivity index (χ4v) is 5.06. The summed E-state index contributed by atoms with van der Waals surface area (Å²) in [6.45, 7) is 5.43. The van der Waals surface area contributed by atoms with Gasteiger partial charge in [0.05, 0.1) is 6.54 Å². The van der Waals surface area contributed by atoms with Crippen LogP contribution in [0.2, 0.25) is 0 Å². The fraction of sp³-hybridized carbons (Fsp3) is 0.636. The van der Waals surface area contributed by atoms with E-state index >= 15 is 0 Å². The second-order valence-electron chi connectivity index (χ2n) is 8.75. The van der Waals surface area contributed by atoms with Crippen LogP contribution in [-0.4, -0.2) is 84.9 Å². The van der Waals surface area contributed by atoms with E-state index < -0.39 is 0 Å². The largest absolute Gasteiger partial charge is 0.338 e. The summed E-state index contributed by atoms with van der Waals surface area (Å²) in [6, 6.07) is 10.3. The smallest absolute Gasteiger partial charge is 0.242 e. The van der Waals surface area contributed by atoms with Crippen LogP contribution < -0.4 is 5.32 Å². The third kappa shape index (κ3) is 5.47. The van der Waals surface area contributed by atoms with E-state index in [9.17, 15) is 9.59 Å².